The second-order valence-electron chi connectivity index (χ2n) is 5.88. The minimum absolute atomic E-state index is 0.0534. The molecule has 4 nitrogen and oxygen atoms in total. The molecule has 1 aliphatic carbocycles. The molecule has 2 atom stereocenters. The molecule has 0 radical (unpaired) electrons. The first-order valence-electron chi connectivity index (χ1n) is 6.23. The van der Waals surface area contributed by atoms with Crippen LogP contribution in [-0.2, 0) is 16.1 Å². The number of piperidine rings is 1. The Morgan fingerprint density at radius 1 is 1.26 bits per heavy atom. The van der Waals surface area contributed by atoms with Gasteiger partial charge in [-0.15, -0.1) is 0 Å². The number of hydrogen-bond acceptors (Lipinski definition) is 3. The van der Waals surface area contributed by atoms with Crippen LogP contribution in [0.4, 0.5) is 5.69 Å². The van der Waals surface area contributed by atoms with Gasteiger partial charge in [0.15, 0.2) is 0 Å². The summed E-state index contributed by atoms with van der Waals surface area (Å²) in [6.07, 6.45) is 0. The van der Waals surface area contributed by atoms with Gasteiger partial charge < -0.3 is 5.73 Å². The van der Waals surface area contributed by atoms with Gasteiger partial charge in [0.05, 0.1) is 18.4 Å². The molecule has 2 N–H and O–H groups in total. The van der Waals surface area contributed by atoms with Crippen LogP contribution >= 0.6 is 15.9 Å². The highest BCUT2D eigenvalue weighted by molar-refractivity contribution is 9.10. The van der Waals surface area contributed by atoms with Crippen LogP contribution in [0.5, 0.6) is 0 Å². The van der Waals surface area contributed by atoms with Crippen molar-refractivity contribution in [1.82, 2.24) is 4.90 Å². The Balaban J connectivity index is 1.83. The number of nitrogens with two attached hydrogens (primary N) is 1. The van der Waals surface area contributed by atoms with E-state index in [9.17, 15) is 9.59 Å². The van der Waals surface area contributed by atoms with Crippen molar-refractivity contribution in [3.63, 3.8) is 0 Å². The van der Waals surface area contributed by atoms with E-state index in [1.54, 1.807) is 6.07 Å². The number of anilines is 1. The van der Waals surface area contributed by atoms with Crippen LogP contribution in [0.15, 0.2) is 22.7 Å². The lowest BCUT2D eigenvalue weighted by Gasteiger charge is -2.21. The zero-order valence-corrected chi connectivity index (χ0v) is 12.4. The van der Waals surface area contributed by atoms with Crippen molar-refractivity contribution in [2.75, 3.05) is 5.73 Å². The zero-order chi connectivity index (χ0) is 13.9. The van der Waals surface area contributed by atoms with Gasteiger partial charge in [-0.25, -0.2) is 0 Å². The van der Waals surface area contributed by atoms with Gasteiger partial charge in [0.25, 0.3) is 0 Å². The molecule has 0 aromatic heterocycles. The van der Waals surface area contributed by atoms with Crippen molar-refractivity contribution in [1.29, 1.82) is 0 Å². The second-order valence-corrected chi connectivity index (χ2v) is 6.80. The molecule has 2 unspecified atom stereocenters. The normalized spacial score (nSPS) is 27.6. The maximum absolute atomic E-state index is 12.2. The van der Waals surface area contributed by atoms with E-state index in [-0.39, 0.29) is 35.6 Å². The lowest BCUT2D eigenvalue weighted by Crippen LogP contribution is -2.35. The Hall–Kier alpha value is -1.36. The van der Waals surface area contributed by atoms with E-state index in [1.165, 1.54) is 4.90 Å². The molecule has 1 aromatic carbocycles. The van der Waals surface area contributed by atoms with Gasteiger partial charge in [0.1, 0.15) is 0 Å². The number of amides is 2. The van der Waals surface area contributed by atoms with Crippen LogP contribution in [0, 0.1) is 17.3 Å². The predicted molar refractivity (Wildman–Crippen MR) is 74.9 cm³/mol. The number of likely N-dealkylation sites (tertiary alicyclic amines) is 1. The second kappa shape index (κ2) is 3.82. The smallest absolute Gasteiger partial charge is 0.233 e. The molecular formula is C14H15BrN2O2. The van der Waals surface area contributed by atoms with E-state index in [1.807, 2.05) is 26.0 Å². The summed E-state index contributed by atoms with van der Waals surface area (Å²) in [7, 11) is 0. The molecule has 1 saturated heterocycles. The van der Waals surface area contributed by atoms with E-state index in [0.29, 0.717) is 5.69 Å². The van der Waals surface area contributed by atoms with E-state index in [0.717, 1.165) is 10.0 Å². The fraction of sp³-hybridized carbons (Fsp3) is 0.429. The van der Waals surface area contributed by atoms with Gasteiger partial charge in [0.2, 0.25) is 11.8 Å². The molecule has 1 heterocycles. The highest BCUT2D eigenvalue weighted by Crippen LogP contribution is 2.63. The van der Waals surface area contributed by atoms with Crippen LogP contribution in [0.2, 0.25) is 0 Å². The molecule has 1 aliphatic heterocycles. The van der Waals surface area contributed by atoms with Crippen molar-refractivity contribution < 1.29 is 9.59 Å². The summed E-state index contributed by atoms with van der Waals surface area (Å²) in [6.45, 7) is 4.23. The summed E-state index contributed by atoms with van der Waals surface area (Å²) in [5.41, 5.74) is 7.16. The molecule has 19 heavy (non-hydrogen) atoms. The molecule has 2 amide bonds. The third-order valence-electron chi connectivity index (χ3n) is 4.33. The maximum Gasteiger partial charge on any atom is 0.233 e. The minimum Gasteiger partial charge on any atom is -0.398 e. The summed E-state index contributed by atoms with van der Waals surface area (Å²) in [6, 6.07) is 5.49. The summed E-state index contributed by atoms with van der Waals surface area (Å²) in [4.78, 5) is 25.8. The molecule has 100 valence electrons. The van der Waals surface area contributed by atoms with Crippen molar-refractivity contribution in [2.45, 2.75) is 20.4 Å². The third kappa shape index (κ3) is 1.71. The highest BCUT2D eigenvalue weighted by atomic mass is 79.9. The van der Waals surface area contributed by atoms with Gasteiger partial charge in [-0.05, 0) is 23.1 Å². The van der Waals surface area contributed by atoms with E-state index < -0.39 is 0 Å². The molecular weight excluding hydrogens is 308 g/mol. The average molecular weight is 323 g/mol. The Kier molecular flexibility index (Phi) is 2.55. The first kappa shape index (κ1) is 12.7. The number of benzene rings is 1. The van der Waals surface area contributed by atoms with E-state index >= 15 is 0 Å². The number of nitrogen functional groups attached to an aromatic ring is 1. The number of carbonyl (C=O) groups is 2. The Morgan fingerprint density at radius 2 is 1.84 bits per heavy atom. The fourth-order valence-electron chi connectivity index (χ4n) is 3.04. The molecule has 2 fully saturated rings. The predicted octanol–water partition coefficient (Wildman–Crippen LogP) is 2.17. The number of hydrogen-bond donors (Lipinski definition) is 1. The molecule has 5 heteroatoms. The Labute approximate surface area is 120 Å². The quantitative estimate of drug-likeness (QED) is 0.670. The van der Waals surface area contributed by atoms with Gasteiger partial charge in [-0.2, -0.15) is 0 Å². The Morgan fingerprint density at radius 3 is 2.37 bits per heavy atom. The Bertz CT molecular complexity index is 573. The third-order valence-corrected chi connectivity index (χ3v) is 4.82. The van der Waals surface area contributed by atoms with Crippen molar-refractivity contribution in [3.05, 3.63) is 28.2 Å². The molecule has 3 rings (SSSR count). The average Bonchev–Trinajstić information content (AvgIpc) is 2.78. The number of imide groups is 1. The van der Waals surface area contributed by atoms with Gasteiger partial charge in [-0.1, -0.05) is 35.8 Å². The lowest BCUT2D eigenvalue weighted by atomic mass is 10.0. The molecule has 1 aromatic rings. The number of rotatable bonds is 2. The minimum atomic E-state index is -0.157. The maximum atomic E-state index is 12.2. The number of fused-ring (bicyclic) bond motifs is 1. The van der Waals surface area contributed by atoms with Crippen LogP contribution in [0.3, 0.4) is 0 Å². The van der Waals surface area contributed by atoms with Gasteiger partial charge in [0, 0.05) is 10.2 Å². The summed E-state index contributed by atoms with van der Waals surface area (Å²) >= 11 is 3.34. The molecule has 2 aliphatic rings. The fourth-order valence-corrected chi connectivity index (χ4v) is 3.42. The first-order valence-corrected chi connectivity index (χ1v) is 7.02. The van der Waals surface area contributed by atoms with Crippen molar-refractivity contribution in [3.8, 4) is 0 Å². The first-order chi connectivity index (χ1) is 8.84. The summed E-state index contributed by atoms with van der Waals surface area (Å²) in [5.74, 6) is -0.363. The number of halogens is 1. The largest absolute Gasteiger partial charge is 0.398 e. The number of carbonyl (C=O) groups excluding carboxylic acids is 2. The van der Waals surface area contributed by atoms with E-state index in [4.69, 9.17) is 5.73 Å². The van der Waals surface area contributed by atoms with Gasteiger partial charge >= 0.3 is 0 Å². The highest BCUT2D eigenvalue weighted by Gasteiger charge is 2.72. The van der Waals surface area contributed by atoms with Crippen molar-refractivity contribution in [2.24, 2.45) is 17.3 Å². The summed E-state index contributed by atoms with van der Waals surface area (Å²) < 4.78 is 0.886. The van der Waals surface area contributed by atoms with Gasteiger partial charge in [-0.3, -0.25) is 14.5 Å². The summed E-state index contributed by atoms with van der Waals surface area (Å²) in [5, 5.41) is 0. The van der Waals surface area contributed by atoms with Crippen LogP contribution in [0.25, 0.3) is 0 Å². The van der Waals surface area contributed by atoms with Crippen LogP contribution in [0.1, 0.15) is 19.4 Å². The monoisotopic (exact) mass is 322 g/mol. The van der Waals surface area contributed by atoms with Crippen LogP contribution < -0.4 is 5.73 Å². The topological polar surface area (TPSA) is 63.4 Å². The standard InChI is InChI=1S/C14H15BrN2O2/c1-14(2)10-11(14)13(19)17(12(10)18)6-7-3-4-8(15)5-9(7)16/h3-5,10-11H,6,16H2,1-2H3. The van der Waals surface area contributed by atoms with E-state index in [2.05, 4.69) is 15.9 Å². The van der Waals surface area contributed by atoms with Crippen LogP contribution in [-0.4, -0.2) is 16.7 Å². The molecule has 1 saturated carbocycles. The SMILES string of the molecule is CC1(C)C2C(=O)N(Cc3ccc(Br)cc3N)C(=O)C21. The van der Waals surface area contributed by atoms with Crippen molar-refractivity contribution >= 4 is 33.4 Å². The number of nitrogens with zero attached hydrogens (tertiary/aromatic N) is 1. The molecule has 0 bridgehead atoms. The molecule has 0 spiro atoms. The lowest BCUT2D eigenvalue weighted by molar-refractivity contribution is -0.143. The zero-order valence-electron chi connectivity index (χ0n) is 10.8.